The van der Waals surface area contributed by atoms with Gasteiger partial charge in [0.2, 0.25) is 0 Å². The van der Waals surface area contributed by atoms with Crippen molar-refractivity contribution in [2.24, 2.45) is 0 Å². The van der Waals surface area contributed by atoms with Crippen LogP contribution in [-0.2, 0) is 0 Å². The smallest absolute Gasteiger partial charge is 0.150 e. The minimum absolute atomic E-state index is 0. The predicted molar refractivity (Wildman–Crippen MR) is 70.8 cm³/mol. The fourth-order valence-electron chi connectivity index (χ4n) is 1.41. The second-order valence-corrected chi connectivity index (χ2v) is 3.78. The van der Waals surface area contributed by atoms with Crippen LogP contribution in [0.25, 0.3) is 6.08 Å². The molecule has 0 spiro atoms. The fraction of sp³-hybridized carbons (Fsp3) is 0.375. The topological polar surface area (TPSA) is 0 Å². The van der Waals surface area contributed by atoms with E-state index < -0.39 is 0 Å². The second-order valence-electron chi connectivity index (χ2n) is 3.78. The van der Waals surface area contributed by atoms with Crippen LogP contribution in [0.5, 0.6) is 0 Å². The van der Waals surface area contributed by atoms with Gasteiger partial charge in [0, 0.05) is 6.42 Å². The van der Waals surface area contributed by atoms with E-state index in [-0.39, 0.29) is 18.9 Å². The van der Waals surface area contributed by atoms with Gasteiger partial charge in [-0.25, -0.2) is 0 Å². The van der Waals surface area contributed by atoms with Crippen LogP contribution in [0.2, 0.25) is 0 Å². The molecule has 0 N–H and O–H groups in total. The summed E-state index contributed by atoms with van der Waals surface area (Å²) in [5, 5.41) is 0. The molecule has 1 heteroatoms. The number of benzene rings is 1. The Kier molecular flexibility index (Phi) is 11.0. The van der Waals surface area contributed by atoms with E-state index in [0.29, 0.717) is 0 Å². The Morgan fingerprint density at radius 3 is 2.82 bits per heavy atom. The molecule has 0 saturated heterocycles. The molecular formula is C16H19Li. The Morgan fingerprint density at radius 2 is 2.12 bits per heavy atom. The summed E-state index contributed by atoms with van der Waals surface area (Å²) in [6, 6.07) is 11.1. The first-order chi connectivity index (χ1) is 7.93. The molecule has 0 unspecified atom stereocenters. The van der Waals surface area contributed by atoms with Gasteiger partial charge in [0.05, 0.1) is 0 Å². The van der Waals surface area contributed by atoms with Gasteiger partial charge in [-0.05, 0) is 6.42 Å². The standard InChI is InChI=1S/C16H19.Li/c1-2-3-4-5-6-7-8-10-13-16-14-11-9-12-15-16;/h9-14H,2-6H2,1H3;/q-1;+1/b13-10-;. The van der Waals surface area contributed by atoms with Gasteiger partial charge in [-0.3, -0.25) is 0 Å². The molecule has 0 nitrogen and oxygen atoms in total. The van der Waals surface area contributed by atoms with Crippen molar-refractivity contribution >= 4 is 6.08 Å². The van der Waals surface area contributed by atoms with Gasteiger partial charge in [-0.15, -0.1) is 42.0 Å². The molecule has 17 heavy (non-hydrogen) atoms. The summed E-state index contributed by atoms with van der Waals surface area (Å²) in [7, 11) is 0. The molecule has 0 aromatic heterocycles. The first kappa shape index (κ1) is 16.1. The summed E-state index contributed by atoms with van der Waals surface area (Å²) in [5.41, 5.74) is 1.09. The number of unbranched alkanes of at least 4 members (excludes halogenated alkanes) is 4. The molecule has 1 rings (SSSR count). The monoisotopic (exact) mass is 218 g/mol. The summed E-state index contributed by atoms with van der Waals surface area (Å²) in [4.78, 5) is 0. The molecule has 0 aliphatic carbocycles. The number of hydrogen-bond acceptors (Lipinski definition) is 0. The van der Waals surface area contributed by atoms with E-state index in [1.54, 1.807) is 0 Å². The predicted octanol–water partition coefficient (Wildman–Crippen LogP) is 1.48. The molecule has 0 amide bonds. The average molecular weight is 218 g/mol. The summed E-state index contributed by atoms with van der Waals surface area (Å²) in [6.07, 6.45) is 10.1. The second kappa shape index (κ2) is 11.6. The Hall–Kier alpha value is -0.883. The Morgan fingerprint density at radius 1 is 1.24 bits per heavy atom. The zero-order valence-corrected chi connectivity index (χ0v) is 11.0. The third kappa shape index (κ3) is 8.88. The van der Waals surface area contributed by atoms with Gasteiger partial charge < -0.3 is 0 Å². The van der Waals surface area contributed by atoms with E-state index in [1.165, 1.54) is 25.7 Å². The molecule has 0 aliphatic rings. The molecular weight excluding hydrogens is 199 g/mol. The molecule has 0 saturated carbocycles. The minimum Gasteiger partial charge on any atom is -0.150 e. The van der Waals surface area contributed by atoms with Crippen molar-refractivity contribution in [3.05, 3.63) is 42.0 Å². The first-order valence-corrected chi connectivity index (χ1v) is 6.05. The van der Waals surface area contributed by atoms with E-state index >= 15 is 0 Å². The summed E-state index contributed by atoms with van der Waals surface area (Å²) in [5.74, 6) is 6.22. The zero-order chi connectivity index (χ0) is 11.5. The van der Waals surface area contributed by atoms with Crippen LogP contribution in [-0.4, -0.2) is 0 Å². The van der Waals surface area contributed by atoms with E-state index in [1.807, 2.05) is 36.4 Å². The van der Waals surface area contributed by atoms with Crippen LogP contribution in [0.15, 0.2) is 30.3 Å². The molecule has 1 aromatic carbocycles. The number of rotatable bonds is 5. The Bertz CT molecular complexity index is 354. The van der Waals surface area contributed by atoms with Crippen LogP contribution in [0.3, 0.4) is 0 Å². The van der Waals surface area contributed by atoms with Gasteiger partial charge in [-0.2, -0.15) is 0 Å². The largest absolute Gasteiger partial charge is 1.00 e. The van der Waals surface area contributed by atoms with Crippen molar-refractivity contribution in [2.75, 3.05) is 0 Å². The third-order valence-corrected chi connectivity index (χ3v) is 2.34. The third-order valence-electron chi connectivity index (χ3n) is 2.34. The summed E-state index contributed by atoms with van der Waals surface area (Å²) < 4.78 is 0. The quantitative estimate of drug-likeness (QED) is 0.304. The molecule has 0 fully saturated rings. The molecule has 0 radical (unpaired) electrons. The van der Waals surface area contributed by atoms with Crippen molar-refractivity contribution < 1.29 is 18.9 Å². The van der Waals surface area contributed by atoms with Crippen molar-refractivity contribution in [3.63, 3.8) is 0 Å². The maximum atomic E-state index is 3.16. The van der Waals surface area contributed by atoms with Crippen LogP contribution in [0.4, 0.5) is 0 Å². The molecule has 84 valence electrons. The van der Waals surface area contributed by atoms with E-state index in [0.717, 1.165) is 12.0 Å². The van der Waals surface area contributed by atoms with E-state index in [4.69, 9.17) is 0 Å². The fourth-order valence-corrected chi connectivity index (χ4v) is 1.41. The maximum absolute atomic E-state index is 3.16. The van der Waals surface area contributed by atoms with Gasteiger partial charge in [0.1, 0.15) is 0 Å². The van der Waals surface area contributed by atoms with Crippen molar-refractivity contribution in [3.8, 4) is 11.8 Å². The molecule has 1 aromatic rings. The van der Waals surface area contributed by atoms with Crippen LogP contribution in [0.1, 0.15) is 44.6 Å². The van der Waals surface area contributed by atoms with E-state index in [2.05, 4.69) is 24.8 Å². The van der Waals surface area contributed by atoms with Gasteiger partial charge in [0.15, 0.2) is 0 Å². The van der Waals surface area contributed by atoms with Gasteiger partial charge in [0.25, 0.3) is 0 Å². The Balaban J connectivity index is 0.00000256. The van der Waals surface area contributed by atoms with E-state index in [9.17, 15) is 0 Å². The summed E-state index contributed by atoms with van der Waals surface area (Å²) >= 11 is 0. The molecule has 0 aliphatic heterocycles. The van der Waals surface area contributed by atoms with Gasteiger partial charge >= 0.3 is 18.9 Å². The van der Waals surface area contributed by atoms with Gasteiger partial charge in [-0.1, -0.05) is 44.1 Å². The number of allylic oxidation sites excluding steroid dienone is 1. The number of hydrogen-bond donors (Lipinski definition) is 0. The van der Waals surface area contributed by atoms with Crippen molar-refractivity contribution in [1.29, 1.82) is 0 Å². The maximum Gasteiger partial charge on any atom is 1.00 e. The molecule has 0 bridgehead atoms. The van der Waals surface area contributed by atoms with Crippen LogP contribution >= 0.6 is 0 Å². The van der Waals surface area contributed by atoms with Crippen molar-refractivity contribution in [2.45, 2.75) is 39.0 Å². The zero-order valence-electron chi connectivity index (χ0n) is 11.0. The first-order valence-electron chi connectivity index (χ1n) is 6.05. The SMILES string of the molecule is CCCCCCC#C/C=C\c1[c-]cccc1.[Li+]. The Labute approximate surface area is 118 Å². The average Bonchev–Trinajstić information content (AvgIpc) is 2.34. The molecule has 0 heterocycles. The molecule has 0 atom stereocenters. The van der Waals surface area contributed by atoms with Crippen molar-refractivity contribution in [1.82, 2.24) is 0 Å². The minimum atomic E-state index is 0. The van der Waals surface area contributed by atoms with Crippen LogP contribution in [0, 0.1) is 17.9 Å². The normalized spacial score (nSPS) is 9.47. The summed E-state index contributed by atoms with van der Waals surface area (Å²) in [6.45, 7) is 2.23. The van der Waals surface area contributed by atoms with Crippen LogP contribution < -0.4 is 18.9 Å².